The number of anilines is 1. The van der Waals surface area contributed by atoms with Gasteiger partial charge in [0.15, 0.2) is 0 Å². The van der Waals surface area contributed by atoms with Crippen molar-refractivity contribution >= 4 is 17.2 Å². The molecule has 1 aliphatic heterocycles. The number of hydrogen-bond acceptors (Lipinski definition) is 7. The summed E-state index contributed by atoms with van der Waals surface area (Å²) in [5.74, 6) is 1.73. The number of hydrogen-bond donors (Lipinski definition) is 1. The van der Waals surface area contributed by atoms with Crippen molar-refractivity contribution < 1.29 is 9.47 Å². The van der Waals surface area contributed by atoms with Crippen LogP contribution in [0, 0.1) is 0 Å². The zero-order valence-corrected chi connectivity index (χ0v) is 15.6. The molecule has 7 heteroatoms. The van der Waals surface area contributed by atoms with Gasteiger partial charge in [0.25, 0.3) is 0 Å². The number of nitrogens with one attached hydrogen (secondary N) is 1. The molecule has 29 heavy (non-hydrogen) atoms. The predicted octanol–water partition coefficient (Wildman–Crippen LogP) is 4.97. The Morgan fingerprint density at radius 2 is 1.41 bits per heavy atom. The summed E-state index contributed by atoms with van der Waals surface area (Å²) in [6, 6.07) is 18.7. The lowest BCUT2D eigenvalue weighted by Crippen LogP contribution is -2.03. The highest BCUT2D eigenvalue weighted by molar-refractivity contribution is 5.99. The first kappa shape index (κ1) is 18.4. The Labute approximate surface area is 168 Å². The van der Waals surface area contributed by atoms with Gasteiger partial charge >= 0.3 is 0 Å². The molecule has 0 aliphatic carbocycles. The summed E-state index contributed by atoms with van der Waals surface area (Å²) in [6.07, 6.45) is 7.18. The van der Waals surface area contributed by atoms with Crippen molar-refractivity contribution in [3.8, 4) is 11.5 Å². The van der Waals surface area contributed by atoms with E-state index in [1.807, 2.05) is 72.8 Å². The predicted molar refractivity (Wildman–Crippen MR) is 112 cm³/mol. The Kier molecular flexibility index (Phi) is 5.87. The van der Waals surface area contributed by atoms with E-state index in [-0.39, 0.29) is 0 Å². The number of benzene rings is 2. The molecule has 0 amide bonds. The van der Waals surface area contributed by atoms with Crippen molar-refractivity contribution in [3.05, 3.63) is 90.8 Å². The first-order chi connectivity index (χ1) is 14.4. The highest BCUT2D eigenvalue weighted by Crippen LogP contribution is 2.28. The molecule has 7 nitrogen and oxygen atoms in total. The van der Waals surface area contributed by atoms with Crippen molar-refractivity contribution in [2.75, 3.05) is 18.6 Å². The van der Waals surface area contributed by atoms with E-state index < -0.39 is 0 Å². The van der Waals surface area contributed by atoms with Gasteiger partial charge in [0.05, 0.1) is 5.69 Å². The minimum Gasteiger partial charge on any atom is -0.487 e. The zero-order chi connectivity index (χ0) is 19.7. The fourth-order valence-electron chi connectivity index (χ4n) is 2.62. The number of fused-ring (bicyclic) bond motifs is 2. The fourth-order valence-corrected chi connectivity index (χ4v) is 2.62. The van der Waals surface area contributed by atoms with Crippen LogP contribution in [-0.2, 0) is 0 Å². The van der Waals surface area contributed by atoms with Crippen molar-refractivity contribution in [2.45, 2.75) is 0 Å². The number of pyridine rings is 1. The van der Waals surface area contributed by atoms with E-state index in [0.717, 1.165) is 11.3 Å². The molecule has 1 aromatic heterocycles. The second-order valence-corrected chi connectivity index (χ2v) is 6.04. The third kappa shape index (κ3) is 4.84. The van der Waals surface area contributed by atoms with Crippen LogP contribution in [-0.4, -0.2) is 24.0 Å². The molecule has 0 saturated heterocycles. The Morgan fingerprint density at radius 3 is 2.24 bits per heavy atom. The Bertz CT molecular complexity index is 1050. The topological polar surface area (TPSA) is 80.5 Å². The van der Waals surface area contributed by atoms with E-state index in [9.17, 15) is 0 Å². The molecule has 0 saturated carbocycles. The molecular weight excluding hydrogens is 366 g/mol. The molecular formula is C22H19N5O2. The minimum atomic E-state index is 0.404. The van der Waals surface area contributed by atoms with E-state index in [1.54, 1.807) is 12.4 Å². The third-order valence-corrected chi connectivity index (χ3v) is 4.06. The molecule has 1 N–H and O–H groups in total. The molecule has 1 aliphatic rings. The average Bonchev–Trinajstić information content (AvgIpc) is 2.78. The normalized spacial score (nSPS) is 16.9. The van der Waals surface area contributed by atoms with Crippen molar-refractivity contribution in [2.24, 2.45) is 15.3 Å². The summed E-state index contributed by atoms with van der Waals surface area (Å²) in [6.45, 7) is 0.820. The summed E-state index contributed by atoms with van der Waals surface area (Å²) in [5.41, 5.74) is 5.17. The maximum absolute atomic E-state index is 5.84. The molecule has 144 valence electrons. The number of azo groups is 1. The van der Waals surface area contributed by atoms with Crippen LogP contribution in [0.15, 0.2) is 101 Å². The van der Waals surface area contributed by atoms with Crippen LogP contribution in [0.25, 0.3) is 0 Å². The second kappa shape index (κ2) is 9.27. The summed E-state index contributed by atoms with van der Waals surface area (Å²) in [7, 11) is 0. The quantitative estimate of drug-likeness (QED) is 0.600. The fraction of sp³-hybridized carbons (Fsp3) is 0.0909. The van der Waals surface area contributed by atoms with Crippen molar-refractivity contribution in [3.63, 3.8) is 0 Å². The standard InChI is InChI=1S/C22H19N5O2/c1-3-9-20-18(7-1)24-26-22(17-11-13-23-14-12-17)27-25-19-8-2-4-10-21(19)29-16-6-5-15-28-20/h1-14,24H,15-16H2/b6-5+,26-22+,27-25?. The average molecular weight is 385 g/mol. The number of hydrazone groups is 1. The number of para-hydroxylation sites is 3. The summed E-state index contributed by atoms with van der Waals surface area (Å²) in [4.78, 5) is 4.05. The monoisotopic (exact) mass is 385 g/mol. The van der Waals surface area contributed by atoms with Crippen LogP contribution >= 0.6 is 0 Å². The molecule has 0 bridgehead atoms. The molecule has 2 aromatic carbocycles. The van der Waals surface area contributed by atoms with Crippen LogP contribution in [0.4, 0.5) is 11.4 Å². The number of nitrogens with zero attached hydrogens (tertiary/aromatic N) is 4. The van der Waals surface area contributed by atoms with Crippen LogP contribution in [0.5, 0.6) is 11.5 Å². The van der Waals surface area contributed by atoms with Gasteiger partial charge in [-0.25, -0.2) is 0 Å². The van der Waals surface area contributed by atoms with Crippen LogP contribution in [0.1, 0.15) is 5.56 Å². The summed E-state index contributed by atoms with van der Waals surface area (Å²) < 4.78 is 11.6. The number of aromatic nitrogens is 1. The Balaban J connectivity index is 1.75. The molecule has 4 rings (SSSR count). The van der Waals surface area contributed by atoms with Crippen molar-refractivity contribution in [1.82, 2.24) is 4.98 Å². The van der Waals surface area contributed by atoms with Crippen molar-refractivity contribution in [1.29, 1.82) is 0 Å². The van der Waals surface area contributed by atoms with Gasteiger partial charge in [0.1, 0.15) is 30.4 Å². The van der Waals surface area contributed by atoms with E-state index >= 15 is 0 Å². The second-order valence-electron chi connectivity index (χ2n) is 6.04. The Hall–Kier alpha value is -4.00. The number of rotatable bonds is 1. The maximum Gasteiger partial charge on any atom is 0.201 e. The SMILES string of the molecule is C1=C/COc2ccccc2N/N=C(\c2ccncc2)N=Nc2ccccc2OC/1. The van der Waals surface area contributed by atoms with Gasteiger partial charge < -0.3 is 9.47 Å². The molecule has 3 aromatic rings. The van der Waals surface area contributed by atoms with E-state index in [2.05, 4.69) is 25.7 Å². The van der Waals surface area contributed by atoms with Gasteiger partial charge in [-0.05, 0) is 48.6 Å². The smallest absolute Gasteiger partial charge is 0.201 e. The van der Waals surface area contributed by atoms with E-state index in [0.29, 0.717) is 36.2 Å². The first-order valence-electron chi connectivity index (χ1n) is 9.14. The summed E-state index contributed by atoms with van der Waals surface area (Å²) in [5, 5.41) is 13.2. The first-order valence-corrected chi connectivity index (χ1v) is 9.14. The van der Waals surface area contributed by atoms with E-state index in [4.69, 9.17) is 9.47 Å². The maximum atomic E-state index is 5.84. The lowest BCUT2D eigenvalue weighted by Gasteiger charge is -2.09. The number of ether oxygens (including phenoxy) is 2. The lowest BCUT2D eigenvalue weighted by molar-refractivity contribution is 0.351. The number of amidine groups is 1. The molecule has 0 spiro atoms. The minimum absolute atomic E-state index is 0.404. The molecule has 0 atom stereocenters. The Morgan fingerprint density at radius 1 is 0.724 bits per heavy atom. The van der Waals surface area contributed by atoms with E-state index in [1.165, 1.54) is 0 Å². The van der Waals surface area contributed by atoms with Crippen LogP contribution in [0.2, 0.25) is 0 Å². The van der Waals surface area contributed by atoms with Gasteiger partial charge in [-0.1, -0.05) is 24.3 Å². The van der Waals surface area contributed by atoms with Crippen LogP contribution < -0.4 is 14.9 Å². The zero-order valence-electron chi connectivity index (χ0n) is 15.6. The third-order valence-electron chi connectivity index (χ3n) is 4.06. The van der Waals surface area contributed by atoms with Crippen LogP contribution in [0.3, 0.4) is 0 Å². The highest BCUT2D eigenvalue weighted by atomic mass is 16.5. The van der Waals surface area contributed by atoms with Gasteiger partial charge in [-0.3, -0.25) is 10.4 Å². The molecule has 0 radical (unpaired) electrons. The van der Waals surface area contributed by atoms with Gasteiger partial charge in [0, 0.05) is 18.0 Å². The highest BCUT2D eigenvalue weighted by Gasteiger charge is 2.07. The van der Waals surface area contributed by atoms with Gasteiger partial charge in [-0.2, -0.15) is 5.10 Å². The molecule has 0 fully saturated rings. The molecule has 0 unspecified atom stereocenters. The molecule has 2 heterocycles. The largest absolute Gasteiger partial charge is 0.487 e. The summed E-state index contributed by atoms with van der Waals surface area (Å²) >= 11 is 0. The van der Waals surface area contributed by atoms with Gasteiger partial charge in [-0.15, -0.1) is 10.2 Å². The van der Waals surface area contributed by atoms with Gasteiger partial charge in [0.2, 0.25) is 5.84 Å². The lowest BCUT2D eigenvalue weighted by atomic mass is 10.2.